The van der Waals surface area contributed by atoms with Gasteiger partial charge in [-0.3, -0.25) is 5.73 Å². The molecule has 0 saturated carbocycles. The van der Waals surface area contributed by atoms with Crippen LogP contribution in [0.5, 0.6) is 0 Å². The minimum Gasteiger partial charge on any atom is -0.432 e. The summed E-state index contributed by atoms with van der Waals surface area (Å²) in [6.45, 7) is 9.23. The molecule has 0 aromatic rings. The lowest BCUT2D eigenvalue weighted by molar-refractivity contribution is -0.357. The fourth-order valence-corrected chi connectivity index (χ4v) is 0.756. The van der Waals surface area contributed by atoms with Gasteiger partial charge in [0, 0.05) is 18.2 Å². The van der Waals surface area contributed by atoms with Crippen LogP contribution in [0.2, 0.25) is 0 Å². The second-order valence-corrected chi connectivity index (χ2v) is 2.94. The Labute approximate surface area is 108 Å². The van der Waals surface area contributed by atoms with E-state index in [1.807, 2.05) is 0 Å². The van der Waals surface area contributed by atoms with Gasteiger partial charge < -0.3 is 19.3 Å². The van der Waals surface area contributed by atoms with Crippen molar-refractivity contribution in [1.82, 2.24) is 0 Å². The molecule has 0 aliphatic carbocycles. The average Bonchev–Trinajstić information content (AvgIpc) is 2.37. The van der Waals surface area contributed by atoms with Crippen molar-refractivity contribution < 1.29 is 33.7 Å². The molecule has 0 fully saturated rings. The SMILES string of the molecule is C=CC(=O)OC(N)C(O)(OC(=O)C=C)OC(=O)C=C. The van der Waals surface area contributed by atoms with Crippen LogP contribution in [0.4, 0.5) is 0 Å². The van der Waals surface area contributed by atoms with Crippen LogP contribution in [0.1, 0.15) is 0 Å². The first-order valence-corrected chi connectivity index (χ1v) is 4.81. The maximum atomic E-state index is 11.0. The number of ether oxygens (including phenoxy) is 3. The third kappa shape index (κ3) is 5.15. The first-order chi connectivity index (χ1) is 8.78. The molecule has 0 heterocycles. The van der Waals surface area contributed by atoms with Gasteiger partial charge in [-0.2, -0.15) is 0 Å². The second-order valence-electron chi connectivity index (χ2n) is 2.94. The Balaban J connectivity index is 5.11. The molecular weight excluding hydrogens is 258 g/mol. The van der Waals surface area contributed by atoms with Gasteiger partial charge in [0.05, 0.1) is 0 Å². The van der Waals surface area contributed by atoms with E-state index in [0.717, 1.165) is 6.08 Å². The molecule has 0 aromatic heterocycles. The van der Waals surface area contributed by atoms with Gasteiger partial charge in [-0.1, -0.05) is 19.7 Å². The number of carbonyl (C=O) groups excluding carboxylic acids is 3. The van der Waals surface area contributed by atoms with Crippen LogP contribution in [-0.4, -0.2) is 35.2 Å². The zero-order chi connectivity index (χ0) is 15.1. The van der Waals surface area contributed by atoms with Crippen LogP contribution in [0.25, 0.3) is 0 Å². The Bertz CT molecular complexity index is 393. The summed E-state index contributed by atoms with van der Waals surface area (Å²) < 4.78 is 13.1. The average molecular weight is 271 g/mol. The van der Waals surface area contributed by atoms with Crippen LogP contribution in [0.15, 0.2) is 38.0 Å². The summed E-state index contributed by atoms with van der Waals surface area (Å²) >= 11 is 0. The first kappa shape index (κ1) is 16.6. The third-order valence-electron chi connectivity index (χ3n) is 1.60. The molecule has 0 aromatic carbocycles. The highest BCUT2D eigenvalue weighted by Crippen LogP contribution is 2.16. The number of rotatable bonds is 7. The van der Waals surface area contributed by atoms with E-state index in [9.17, 15) is 19.5 Å². The predicted molar refractivity (Wildman–Crippen MR) is 61.8 cm³/mol. The zero-order valence-electron chi connectivity index (χ0n) is 9.90. The molecule has 0 bridgehead atoms. The van der Waals surface area contributed by atoms with Crippen LogP contribution < -0.4 is 5.73 Å². The fourth-order valence-electron chi connectivity index (χ4n) is 0.756. The standard InChI is InChI=1S/C11H13NO7/c1-4-7(13)17-10(12)11(16,18-8(14)5-2)19-9(15)6-3/h4-6,10,16H,1-3,12H2. The van der Waals surface area contributed by atoms with Crippen LogP contribution >= 0.6 is 0 Å². The molecular formula is C11H13NO7. The topological polar surface area (TPSA) is 125 Å². The number of aliphatic hydroxyl groups is 1. The number of esters is 3. The summed E-state index contributed by atoms with van der Waals surface area (Å²) in [5, 5.41) is 9.81. The van der Waals surface area contributed by atoms with Crippen LogP contribution in [-0.2, 0) is 28.6 Å². The highest BCUT2D eigenvalue weighted by Gasteiger charge is 2.45. The van der Waals surface area contributed by atoms with Crippen molar-refractivity contribution >= 4 is 17.9 Å². The molecule has 0 saturated heterocycles. The lowest BCUT2D eigenvalue weighted by Gasteiger charge is -2.29. The van der Waals surface area contributed by atoms with E-state index in [1.54, 1.807) is 0 Å². The van der Waals surface area contributed by atoms with Gasteiger partial charge >= 0.3 is 23.9 Å². The van der Waals surface area contributed by atoms with Gasteiger partial charge in [0.2, 0.25) is 0 Å². The summed E-state index contributed by atoms with van der Waals surface area (Å²) in [6.07, 6.45) is 0.0971. The molecule has 0 aliphatic heterocycles. The van der Waals surface area contributed by atoms with Crippen molar-refractivity contribution in [2.75, 3.05) is 0 Å². The lowest BCUT2D eigenvalue weighted by atomic mass is 10.4. The Morgan fingerprint density at radius 1 is 1.00 bits per heavy atom. The molecule has 1 atom stereocenters. The summed E-state index contributed by atoms with van der Waals surface area (Å²) in [5.41, 5.74) is 5.27. The van der Waals surface area contributed by atoms with Gasteiger partial charge in [0.25, 0.3) is 6.23 Å². The molecule has 0 rings (SSSR count). The molecule has 0 spiro atoms. The van der Waals surface area contributed by atoms with Gasteiger partial charge in [0.15, 0.2) is 0 Å². The van der Waals surface area contributed by atoms with Crippen LogP contribution in [0, 0.1) is 0 Å². The van der Waals surface area contributed by atoms with E-state index in [1.165, 1.54) is 0 Å². The number of hydrogen-bond donors (Lipinski definition) is 2. The largest absolute Gasteiger partial charge is 0.432 e. The highest BCUT2D eigenvalue weighted by atomic mass is 16.9. The summed E-state index contributed by atoms with van der Waals surface area (Å²) in [6, 6.07) is 0. The summed E-state index contributed by atoms with van der Waals surface area (Å²) in [5.74, 6) is -6.38. The van der Waals surface area contributed by atoms with Crippen molar-refractivity contribution in [3.05, 3.63) is 38.0 Å². The molecule has 0 radical (unpaired) electrons. The van der Waals surface area contributed by atoms with Gasteiger partial charge in [-0.25, -0.2) is 14.4 Å². The quantitative estimate of drug-likeness (QED) is 0.347. The Hall–Kier alpha value is -2.45. The molecule has 3 N–H and O–H groups in total. The van der Waals surface area contributed by atoms with Crippen molar-refractivity contribution in [3.63, 3.8) is 0 Å². The summed E-state index contributed by atoms with van der Waals surface area (Å²) in [7, 11) is 0. The lowest BCUT2D eigenvalue weighted by Crippen LogP contribution is -2.56. The Kier molecular flexibility index (Phi) is 6.17. The molecule has 104 valence electrons. The van der Waals surface area contributed by atoms with Crippen molar-refractivity contribution in [3.8, 4) is 0 Å². The van der Waals surface area contributed by atoms with Gasteiger partial charge in [-0.05, 0) is 0 Å². The summed E-state index contributed by atoms with van der Waals surface area (Å²) in [4.78, 5) is 33.0. The molecule has 8 heteroatoms. The van der Waals surface area contributed by atoms with E-state index in [-0.39, 0.29) is 0 Å². The predicted octanol–water partition coefficient (Wildman–Crippen LogP) is -0.895. The van der Waals surface area contributed by atoms with E-state index in [2.05, 4.69) is 33.9 Å². The minimum absolute atomic E-state index is 0.675. The minimum atomic E-state index is -3.02. The van der Waals surface area contributed by atoms with Crippen molar-refractivity contribution in [2.24, 2.45) is 5.73 Å². The fraction of sp³-hybridized carbons (Fsp3) is 0.182. The van der Waals surface area contributed by atoms with Gasteiger partial charge in [-0.15, -0.1) is 0 Å². The number of nitrogens with two attached hydrogens (primary N) is 1. The smallest absolute Gasteiger partial charge is 0.428 e. The van der Waals surface area contributed by atoms with E-state index in [4.69, 9.17) is 5.73 Å². The molecule has 0 amide bonds. The van der Waals surface area contributed by atoms with Crippen molar-refractivity contribution in [2.45, 2.75) is 12.2 Å². The van der Waals surface area contributed by atoms with Gasteiger partial charge in [0.1, 0.15) is 0 Å². The molecule has 8 nitrogen and oxygen atoms in total. The number of hydrogen-bond acceptors (Lipinski definition) is 8. The number of carbonyl (C=O) groups is 3. The highest BCUT2D eigenvalue weighted by molar-refractivity contribution is 5.84. The van der Waals surface area contributed by atoms with E-state index >= 15 is 0 Å². The third-order valence-corrected chi connectivity index (χ3v) is 1.60. The van der Waals surface area contributed by atoms with Crippen molar-refractivity contribution in [1.29, 1.82) is 0 Å². The second kappa shape index (κ2) is 7.09. The monoisotopic (exact) mass is 271 g/mol. The Morgan fingerprint density at radius 2 is 1.37 bits per heavy atom. The molecule has 19 heavy (non-hydrogen) atoms. The maximum absolute atomic E-state index is 11.0. The first-order valence-electron chi connectivity index (χ1n) is 4.81. The maximum Gasteiger partial charge on any atom is 0.428 e. The zero-order valence-corrected chi connectivity index (χ0v) is 9.90. The normalized spacial score (nSPS) is 11.7. The molecule has 1 unspecified atom stereocenters. The van der Waals surface area contributed by atoms with E-state index in [0.29, 0.717) is 12.2 Å². The van der Waals surface area contributed by atoms with E-state index < -0.39 is 30.1 Å². The van der Waals surface area contributed by atoms with Crippen LogP contribution in [0.3, 0.4) is 0 Å². The Morgan fingerprint density at radius 3 is 1.68 bits per heavy atom. The molecule has 0 aliphatic rings.